The Kier molecular flexibility index (Phi) is 5.46. The van der Waals surface area contributed by atoms with Crippen molar-refractivity contribution in [2.24, 2.45) is 0 Å². The molecule has 1 heterocycles. The lowest BCUT2D eigenvalue weighted by molar-refractivity contribution is 0.0784. The molecule has 25 heavy (non-hydrogen) atoms. The molecule has 126 valence electrons. The molecule has 1 N–H and O–H groups in total. The number of anilines is 2. The number of aromatic nitrogens is 1. The van der Waals surface area contributed by atoms with Gasteiger partial charge in [0, 0.05) is 29.9 Å². The van der Waals surface area contributed by atoms with Gasteiger partial charge in [-0.05, 0) is 35.9 Å². The highest BCUT2D eigenvalue weighted by Crippen LogP contribution is 2.19. The zero-order valence-electron chi connectivity index (χ0n) is 13.8. The summed E-state index contributed by atoms with van der Waals surface area (Å²) in [7, 11) is 1.79. The van der Waals surface area contributed by atoms with Crippen molar-refractivity contribution in [2.45, 2.75) is 6.54 Å². The third-order valence-corrected chi connectivity index (χ3v) is 4.21. The molecular weight excluding hydrogens is 378 g/mol. The second kappa shape index (κ2) is 7.94. The molecule has 0 unspecified atom stereocenters. The fourth-order valence-corrected chi connectivity index (χ4v) is 2.86. The lowest BCUT2D eigenvalue weighted by Gasteiger charge is -2.17. The number of amides is 1. The highest BCUT2D eigenvalue weighted by molar-refractivity contribution is 9.10. The Morgan fingerprint density at radius 1 is 1.08 bits per heavy atom. The SMILES string of the molecule is CN(Cc1ccccc1)C(=O)c1ccc(Nc2cccc(Br)c2)nc1. The Morgan fingerprint density at radius 3 is 2.56 bits per heavy atom. The van der Waals surface area contributed by atoms with Crippen molar-refractivity contribution in [2.75, 3.05) is 12.4 Å². The predicted molar refractivity (Wildman–Crippen MR) is 104 cm³/mol. The average Bonchev–Trinajstić information content (AvgIpc) is 2.62. The first kappa shape index (κ1) is 17.2. The van der Waals surface area contributed by atoms with Crippen LogP contribution in [-0.4, -0.2) is 22.8 Å². The highest BCUT2D eigenvalue weighted by atomic mass is 79.9. The highest BCUT2D eigenvalue weighted by Gasteiger charge is 2.12. The number of nitrogens with zero attached hydrogens (tertiary/aromatic N) is 2. The second-order valence-electron chi connectivity index (χ2n) is 5.71. The minimum absolute atomic E-state index is 0.0506. The number of halogens is 1. The number of carbonyl (C=O) groups is 1. The first-order valence-corrected chi connectivity index (χ1v) is 8.69. The maximum Gasteiger partial charge on any atom is 0.255 e. The van der Waals surface area contributed by atoms with Gasteiger partial charge in [0.2, 0.25) is 0 Å². The lowest BCUT2D eigenvalue weighted by atomic mass is 10.2. The molecule has 0 aliphatic heterocycles. The van der Waals surface area contributed by atoms with E-state index >= 15 is 0 Å². The summed E-state index contributed by atoms with van der Waals surface area (Å²) in [5.74, 6) is 0.644. The Hall–Kier alpha value is -2.66. The van der Waals surface area contributed by atoms with Gasteiger partial charge in [-0.1, -0.05) is 52.3 Å². The van der Waals surface area contributed by atoms with Crippen LogP contribution in [0.25, 0.3) is 0 Å². The van der Waals surface area contributed by atoms with E-state index in [1.165, 1.54) is 0 Å². The van der Waals surface area contributed by atoms with Crippen molar-refractivity contribution in [1.82, 2.24) is 9.88 Å². The van der Waals surface area contributed by atoms with Gasteiger partial charge in [0.25, 0.3) is 5.91 Å². The topological polar surface area (TPSA) is 45.2 Å². The van der Waals surface area contributed by atoms with Crippen molar-refractivity contribution in [3.8, 4) is 0 Å². The van der Waals surface area contributed by atoms with Gasteiger partial charge in [-0.2, -0.15) is 0 Å². The predicted octanol–water partition coefficient (Wildman–Crippen LogP) is 4.86. The number of benzene rings is 2. The van der Waals surface area contributed by atoms with E-state index in [0.717, 1.165) is 15.7 Å². The van der Waals surface area contributed by atoms with Crippen LogP contribution in [0.5, 0.6) is 0 Å². The van der Waals surface area contributed by atoms with Gasteiger partial charge >= 0.3 is 0 Å². The van der Waals surface area contributed by atoms with Crippen LogP contribution in [0.4, 0.5) is 11.5 Å². The van der Waals surface area contributed by atoms with Crippen molar-refractivity contribution in [3.05, 3.63) is 88.5 Å². The fraction of sp³-hybridized carbons (Fsp3) is 0.100. The molecule has 4 nitrogen and oxygen atoms in total. The molecular formula is C20H18BrN3O. The Bertz CT molecular complexity index is 850. The van der Waals surface area contributed by atoms with Crippen LogP contribution < -0.4 is 5.32 Å². The van der Waals surface area contributed by atoms with Crippen LogP contribution in [-0.2, 0) is 6.54 Å². The first-order valence-electron chi connectivity index (χ1n) is 7.90. The van der Waals surface area contributed by atoms with Crippen molar-refractivity contribution >= 4 is 33.3 Å². The Morgan fingerprint density at radius 2 is 1.88 bits per heavy atom. The summed E-state index contributed by atoms with van der Waals surface area (Å²) in [5, 5.41) is 3.21. The number of rotatable bonds is 5. The molecule has 0 aliphatic carbocycles. The molecule has 0 fully saturated rings. The molecule has 1 aromatic heterocycles. The van der Waals surface area contributed by atoms with E-state index in [0.29, 0.717) is 17.9 Å². The molecule has 3 rings (SSSR count). The Balaban J connectivity index is 1.66. The minimum atomic E-state index is -0.0506. The van der Waals surface area contributed by atoms with Gasteiger partial charge < -0.3 is 10.2 Å². The summed E-state index contributed by atoms with van der Waals surface area (Å²) < 4.78 is 0.992. The molecule has 0 radical (unpaired) electrons. The summed E-state index contributed by atoms with van der Waals surface area (Å²) in [5.41, 5.74) is 2.60. The van der Waals surface area contributed by atoms with Crippen LogP contribution >= 0.6 is 15.9 Å². The van der Waals surface area contributed by atoms with Crippen molar-refractivity contribution in [1.29, 1.82) is 0 Å². The third-order valence-electron chi connectivity index (χ3n) is 3.72. The number of pyridine rings is 1. The molecule has 5 heteroatoms. The monoisotopic (exact) mass is 395 g/mol. The van der Waals surface area contributed by atoms with Gasteiger partial charge in [-0.3, -0.25) is 4.79 Å². The maximum absolute atomic E-state index is 12.5. The molecule has 0 atom stereocenters. The quantitative estimate of drug-likeness (QED) is 0.670. The summed E-state index contributed by atoms with van der Waals surface area (Å²) in [6.07, 6.45) is 1.60. The van der Waals surface area contributed by atoms with Crippen LogP contribution in [0.3, 0.4) is 0 Å². The van der Waals surface area contributed by atoms with E-state index in [1.54, 1.807) is 24.2 Å². The second-order valence-corrected chi connectivity index (χ2v) is 6.63. The standard InChI is InChI=1S/C20H18BrN3O/c1-24(14-15-6-3-2-4-7-15)20(25)16-10-11-19(22-13-16)23-18-9-5-8-17(21)12-18/h2-13H,14H2,1H3,(H,22,23). The third kappa shape index (κ3) is 4.67. The smallest absolute Gasteiger partial charge is 0.255 e. The van der Waals surface area contributed by atoms with Crippen LogP contribution in [0.15, 0.2) is 77.4 Å². The zero-order valence-corrected chi connectivity index (χ0v) is 15.4. The lowest BCUT2D eigenvalue weighted by Crippen LogP contribution is -2.26. The number of nitrogens with one attached hydrogen (secondary N) is 1. The van der Waals surface area contributed by atoms with Crippen LogP contribution in [0, 0.1) is 0 Å². The molecule has 0 saturated carbocycles. The molecule has 2 aromatic carbocycles. The fourth-order valence-electron chi connectivity index (χ4n) is 2.46. The van der Waals surface area contributed by atoms with Gasteiger partial charge in [0.15, 0.2) is 0 Å². The van der Waals surface area contributed by atoms with E-state index in [4.69, 9.17) is 0 Å². The molecule has 0 aliphatic rings. The van der Waals surface area contributed by atoms with E-state index < -0.39 is 0 Å². The molecule has 0 bridgehead atoms. The van der Waals surface area contributed by atoms with Gasteiger partial charge in [-0.15, -0.1) is 0 Å². The summed E-state index contributed by atoms with van der Waals surface area (Å²) in [4.78, 5) is 18.6. The Labute approximate surface area is 155 Å². The average molecular weight is 396 g/mol. The number of carbonyl (C=O) groups excluding carboxylic acids is 1. The minimum Gasteiger partial charge on any atom is -0.340 e. The van der Waals surface area contributed by atoms with Crippen molar-refractivity contribution in [3.63, 3.8) is 0 Å². The largest absolute Gasteiger partial charge is 0.340 e. The van der Waals surface area contributed by atoms with E-state index in [9.17, 15) is 4.79 Å². The summed E-state index contributed by atoms with van der Waals surface area (Å²) >= 11 is 3.44. The normalized spacial score (nSPS) is 10.3. The van der Waals surface area contributed by atoms with Gasteiger partial charge in [0.1, 0.15) is 5.82 Å². The van der Waals surface area contributed by atoms with E-state index in [-0.39, 0.29) is 5.91 Å². The van der Waals surface area contributed by atoms with E-state index in [1.807, 2.05) is 60.7 Å². The molecule has 0 spiro atoms. The molecule has 0 saturated heterocycles. The van der Waals surface area contributed by atoms with Crippen LogP contribution in [0.1, 0.15) is 15.9 Å². The number of hydrogen-bond donors (Lipinski definition) is 1. The number of hydrogen-bond acceptors (Lipinski definition) is 3. The van der Waals surface area contributed by atoms with E-state index in [2.05, 4.69) is 26.2 Å². The summed E-state index contributed by atoms with van der Waals surface area (Å²) in [6.45, 7) is 0.567. The van der Waals surface area contributed by atoms with Crippen molar-refractivity contribution < 1.29 is 4.79 Å². The molecule has 1 amide bonds. The van der Waals surface area contributed by atoms with Crippen LogP contribution in [0.2, 0.25) is 0 Å². The van der Waals surface area contributed by atoms with Gasteiger partial charge in [0.05, 0.1) is 5.56 Å². The molecule has 3 aromatic rings. The first-order chi connectivity index (χ1) is 12.1. The zero-order chi connectivity index (χ0) is 17.6. The maximum atomic E-state index is 12.5. The summed E-state index contributed by atoms with van der Waals surface area (Å²) in [6, 6.07) is 21.3. The van der Waals surface area contributed by atoms with Gasteiger partial charge in [-0.25, -0.2) is 4.98 Å².